The summed E-state index contributed by atoms with van der Waals surface area (Å²) in [5.41, 5.74) is -0.822. The first-order valence-electron chi connectivity index (χ1n) is 4.90. The Balaban J connectivity index is 2.28. The third-order valence-electron chi connectivity index (χ3n) is 2.61. The zero-order valence-electron chi connectivity index (χ0n) is 8.73. The SMILES string of the molecule is CC1CN2OC(=O)/C=C/C(=O)OC2(C)C1. The lowest BCUT2D eigenvalue weighted by Crippen LogP contribution is -2.46. The molecule has 15 heavy (non-hydrogen) atoms. The van der Waals surface area contributed by atoms with Gasteiger partial charge < -0.3 is 9.57 Å². The Morgan fingerprint density at radius 2 is 2.07 bits per heavy atom. The molecule has 0 aliphatic carbocycles. The summed E-state index contributed by atoms with van der Waals surface area (Å²) in [5, 5.41) is 1.45. The molecule has 0 saturated carbocycles. The molecular weight excluding hydrogens is 198 g/mol. The van der Waals surface area contributed by atoms with Crippen LogP contribution >= 0.6 is 0 Å². The van der Waals surface area contributed by atoms with Crippen LogP contribution < -0.4 is 0 Å². The number of hydrogen-bond acceptors (Lipinski definition) is 5. The van der Waals surface area contributed by atoms with E-state index in [9.17, 15) is 9.59 Å². The van der Waals surface area contributed by atoms with E-state index in [4.69, 9.17) is 9.57 Å². The van der Waals surface area contributed by atoms with Gasteiger partial charge in [0.2, 0.25) is 0 Å². The summed E-state index contributed by atoms with van der Waals surface area (Å²) < 4.78 is 5.24. The summed E-state index contributed by atoms with van der Waals surface area (Å²) in [6.07, 6.45) is 2.83. The van der Waals surface area contributed by atoms with Crippen molar-refractivity contribution >= 4 is 11.9 Å². The van der Waals surface area contributed by atoms with Crippen LogP contribution in [0.15, 0.2) is 12.2 Å². The molecule has 0 radical (unpaired) electrons. The minimum atomic E-state index is -0.822. The van der Waals surface area contributed by atoms with Crippen LogP contribution in [-0.4, -0.2) is 29.3 Å². The quantitative estimate of drug-likeness (QED) is 0.550. The molecule has 2 heterocycles. The van der Waals surface area contributed by atoms with Gasteiger partial charge in [0.1, 0.15) is 0 Å². The van der Waals surface area contributed by atoms with E-state index in [-0.39, 0.29) is 0 Å². The van der Waals surface area contributed by atoms with Crippen molar-refractivity contribution in [1.82, 2.24) is 5.06 Å². The largest absolute Gasteiger partial charge is 0.438 e. The van der Waals surface area contributed by atoms with E-state index >= 15 is 0 Å². The molecule has 0 N–H and O–H groups in total. The van der Waals surface area contributed by atoms with Gasteiger partial charge in [0, 0.05) is 25.1 Å². The van der Waals surface area contributed by atoms with Gasteiger partial charge >= 0.3 is 11.9 Å². The van der Waals surface area contributed by atoms with Crippen LogP contribution in [-0.2, 0) is 19.2 Å². The summed E-state index contributed by atoms with van der Waals surface area (Å²) >= 11 is 0. The maximum Gasteiger partial charge on any atom is 0.350 e. The van der Waals surface area contributed by atoms with Crippen molar-refractivity contribution in [3.05, 3.63) is 12.2 Å². The van der Waals surface area contributed by atoms with Gasteiger partial charge in [0.25, 0.3) is 0 Å². The van der Waals surface area contributed by atoms with Crippen LogP contribution in [0.2, 0.25) is 0 Å². The monoisotopic (exact) mass is 211 g/mol. The van der Waals surface area contributed by atoms with Gasteiger partial charge in [-0.3, -0.25) is 0 Å². The maximum atomic E-state index is 11.3. The fraction of sp³-hybridized carbons (Fsp3) is 0.600. The van der Waals surface area contributed by atoms with Gasteiger partial charge in [0.15, 0.2) is 5.72 Å². The Labute approximate surface area is 87.6 Å². The molecule has 0 spiro atoms. The number of fused-ring (bicyclic) bond motifs is 1. The molecule has 0 aromatic carbocycles. The molecule has 5 heteroatoms. The summed E-state index contributed by atoms with van der Waals surface area (Å²) in [6.45, 7) is 4.36. The first kappa shape index (κ1) is 10.2. The number of ether oxygens (including phenoxy) is 1. The van der Waals surface area contributed by atoms with Crippen LogP contribution in [0.5, 0.6) is 0 Å². The molecule has 0 aromatic rings. The second-order valence-corrected chi connectivity index (χ2v) is 4.21. The van der Waals surface area contributed by atoms with E-state index in [1.165, 1.54) is 5.06 Å². The molecule has 2 aliphatic heterocycles. The lowest BCUT2D eigenvalue weighted by molar-refractivity contribution is -0.260. The highest BCUT2D eigenvalue weighted by Crippen LogP contribution is 2.34. The van der Waals surface area contributed by atoms with Crippen LogP contribution in [0, 0.1) is 5.92 Å². The fourth-order valence-corrected chi connectivity index (χ4v) is 2.04. The third-order valence-corrected chi connectivity index (χ3v) is 2.61. The van der Waals surface area contributed by atoms with Crippen LogP contribution in [0.1, 0.15) is 20.3 Å². The third kappa shape index (κ3) is 1.87. The number of carbonyl (C=O) groups is 2. The molecular formula is C10H13NO4. The predicted octanol–water partition coefficient (Wildman–Crippen LogP) is 0.616. The summed E-state index contributed by atoms with van der Waals surface area (Å²) in [7, 11) is 0. The van der Waals surface area contributed by atoms with Crippen molar-refractivity contribution in [3.63, 3.8) is 0 Å². The number of rotatable bonds is 0. The molecule has 2 aliphatic rings. The normalized spacial score (nSPS) is 38.7. The number of nitrogens with zero attached hydrogens (tertiary/aromatic N) is 1. The summed E-state index contributed by atoms with van der Waals surface area (Å²) in [4.78, 5) is 27.6. The van der Waals surface area contributed by atoms with E-state index in [0.717, 1.165) is 12.2 Å². The molecule has 82 valence electrons. The fourth-order valence-electron chi connectivity index (χ4n) is 2.04. The van der Waals surface area contributed by atoms with Crippen molar-refractivity contribution in [1.29, 1.82) is 0 Å². The Morgan fingerprint density at radius 3 is 2.80 bits per heavy atom. The van der Waals surface area contributed by atoms with Crippen LogP contribution in [0.4, 0.5) is 0 Å². The number of hydroxylamine groups is 2. The van der Waals surface area contributed by atoms with E-state index in [0.29, 0.717) is 18.9 Å². The summed E-state index contributed by atoms with van der Waals surface area (Å²) in [5.74, 6) is -0.714. The van der Waals surface area contributed by atoms with Crippen molar-refractivity contribution in [3.8, 4) is 0 Å². The highest BCUT2D eigenvalue weighted by Gasteiger charge is 2.46. The maximum absolute atomic E-state index is 11.3. The Bertz CT molecular complexity index is 338. The molecule has 5 nitrogen and oxygen atoms in total. The zero-order valence-corrected chi connectivity index (χ0v) is 8.73. The highest BCUT2D eigenvalue weighted by atomic mass is 16.7. The van der Waals surface area contributed by atoms with Crippen molar-refractivity contribution in [2.45, 2.75) is 26.0 Å². The second kappa shape index (κ2) is 3.34. The van der Waals surface area contributed by atoms with Crippen molar-refractivity contribution < 1.29 is 19.2 Å². The van der Waals surface area contributed by atoms with Crippen LogP contribution in [0.25, 0.3) is 0 Å². The first-order valence-corrected chi connectivity index (χ1v) is 4.90. The minimum absolute atomic E-state index is 0.327. The average Bonchev–Trinajstić information content (AvgIpc) is 2.36. The van der Waals surface area contributed by atoms with E-state index in [1.807, 2.05) is 6.92 Å². The number of esters is 1. The molecule has 2 atom stereocenters. The van der Waals surface area contributed by atoms with Gasteiger partial charge in [-0.05, 0) is 12.8 Å². The van der Waals surface area contributed by atoms with E-state index in [1.54, 1.807) is 6.92 Å². The van der Waals surface area contributed by atoms with Gasteiger partial charge in [0.05, 0.1) is 0 Å². The Kier molecular flexibility index (Phi) is 2.26. The standard InChI is InChI=1S/C10H13NO4/c1-7-5-10(2)11(6-7)15-9(13)4-3-8(12)14-10/h3-4,7H,5-6H2,1-2H3/b4-3+. The average molecular weight is 211 g/mol. The van der Waals surface area contributed by atoms with Gasteiger partial charge in [-0.2, -0.15) is 0 Å². The van der Waals surface area contributed by atoms with Gasteiger partial charge in [-0.1, -0.05) is 12.0 Å². The topological polar surface area (TPSA) is 55.8 Å². The minimum Gasteiger partial charge on any atom is -0.438 e. The Hall–Kier alpha value is -1.36. The summed E-state index contributed by atoms with van der Waals surface area (Å²) in [6, 6.07) is 0. The molecule has 2 unspecified atom stereocenters. The van der Waals surface area contributed by atoms with Crippen LogP contribution in [0.3, 0.4) is 0 Å². The van der Waals surface area contributed by atoms with Crippen molar-refractivity contribution in [2.75, 3.05) is 6.54 Å². The second-order valence-electron chi connectivity index (χ2n) is 4.21. The number of carbonyl (C=O) groups excluding carboxylic acids is 2. The molecule has 1 fully saturated rings. The zero-order chi connectivity index (χ0) is 11.1. The predicted molar refractivity (Wildman–Crippen MR) is 50.2 cm³/mol. The first-order chi connectivity index (χ1) is 6.99. The van der Waals surface area contributed by atoms with Gasteiger partial charge in [-0.25, -0.2) is 9.59 Å². The molecule has 0 bridgehead atoms. The van der Waals surface area contributed by atoms with Gasteiger partial charge in [-0.15, -0.1) is 0 Å². The highest BCUT2D eigenvalue weighted by molar-refractivity contribution is 5.92. The molecule has 0 amide bonds. The molecule has 0 aromatic heterocycles. The smallest absolute Gasteiger partial charge is 0.350 e. The molecule has 2 rings (SSSR count). The molecule has 1 saturated heterocycles. The lowest BCUT2D eigenvalue weighted by atomic mass is 10.1. The van der Waals surface area contributed by atoms with E-state index in [2.05, 4.69) is 0 Å². The van der Waals surface area contributed by atoms with E-state index < -0.39 is 17.7 Å². The van der Waals surface area contributed by atoms with Crippen molar-refractivity contribution in [2.24, 2.45) is 5.92 Å². The number of hydrogen-bond donors (Lipinski definition) is 0. The lowest BCUT2D eigenvalue weighted by Gasteiger charge is -2.32. The Morgan fingerprint density at radius 1 is 1.40 bits per heavy atom.